The standard InChI is InChI=1S/C13H14ClN3O5S3/c1-3-22-12(19)8-7-23-13(15-8)16-10(18)6-17(2)25(20,21)11-5-4-9(14)24-11/h4-5,7H,3,6H2,1-2H3,(H,15,16,18). The van der Waals surface area contributed by atoms with Crippen molar-refractivity contribution in [1.29, 1.82) is 0 Å². The van der Waals surface area contributed by atoms with Crippen LogP contribution in [0.15, 0.2) is 21.7 Å². The Morgan fingerprint density at radius 2 is 2.12 bits per heavy atom. The van der Waals surface area contributed by atoms with Crippen molar-refractivity contribution in [2.45, 2.75) is 11.1 Å². The highest BCUT2D eigenvalue weighted by Gasteiger charge is 2.25. The van der Waals surface area contributed by atoms with Gasteiger partial charge >= 0.3 is 5.97 Å². The van der Waals surface area contributed by atoms with E-state index in [1.807, 2.05) is 0 Å². The zero-order valence-electron chi connectivity index (χ0n) is 13.2. The van der Waals surface area contributed by atoms with Crippen molar-refractivity contribution in [3.05, 3.63) is 27.5 Å². The van der Waals surface area contributed by atoms with Crippen LogP contribution in [0.3, 0.4) is 0 Å². The molecule has 0 spiro atoms. The van der Waals surface area contributed by atoms with Crippen LogP contribution >= 0.6 is 34.3 Å². The first-order valence-corrected chi connectivity index (χ1v) is 10.4. The lowest BCUT2D eigenvalue weighted by atomic mass is 10.5. The van der Waals surface area contributed by atoms with Gasteiger partial charge in [0.15, 0.2) is 10.8 Å². The van der Waals surface area contributed by atoms with Gasteiger partial charge < -0.3 is 10.1 Å². The number of sulfonamides is 1. The average Bonchev–Trinajstić information content (AvgIpc) is 3.16. The number of halogens is 1. The van der Waals surface area contributed by atoms with E-state index in [4.69, 9.17) is 16.3 Å². The Balaban J connectivity index is 1.99. The summed E-state index contributed by atoms with van der Waals surface area (Å²) in [7, 11) is -2.52. The average molecular weight is 424 g/mol. The maximum absolute atomic E-state index is 12.3. The van der Waals surface area contributed by atoms with Gasteiger partial charge in [-0.3, -0.25) is 4.79 Å². The lowest BCUT2D eigenvalue weighted by molar-refractivity contribution is -0.116. The van der Waals surface area contributed by atoms with Gasteiger partial charge in [-0.2, -0.15) is 4.31 Å². The van der Waals surface area contributed by atoms with E-state index < -0.39 is 28.4 Å². The number of hydrogen-bond donors (Lipinski definition) is 1. The molecule has 8 nitrogen and oxygen atoms in total. The minimum absolute atomic E-state index is 0.0478. The van der Waals surface area contributed by atoms with Crippen LogP contribution in [0.5, 0.6) is 0 Å². The summed E-state index contributed by atoms with van der Waals surface area (Å²) in [6.07, 6.45) is 0. The largest absolute Gasteiger partial charge is 0.461 e. The molecule has 136 valence electrons. The second-order valence-electron chi connectivity index (χ2n) is 4.63. The Morgan fingerprint density at radius 1 is 1.40 bits per heavy atom. The van der Waals surface area contributed by atoms with Gasteiger partial charge in [0.2, 0.25) is 5.91 Å². The third-order valence-corrected chi connectivity index (χ3v) is 7.07. The maximum Gasteiger partial charge on any atom is 0.357 e. The summed E-state index contributed by atoms with van der Waals surface area (Å²) in [5.41, 5.74) is 0.0800. The van der Waals surface area contributed by atoms with E-state index in [-0.39, 0.29) is 21.6 Å². The molecule has 2 heterocycles. The molecule has 0 aliphatic rings. The molecule has 0 aliphatic carbocycles. The molecule has 25 heavy (non-hydrogen) atoms. The summed E-state index contributed by atoms with van der Waals surface area (Å²) in [4.78, 5) is 27.5. The molecule has 0 bridgehead atoms. The number of anilines is 1. The molecule has 1 amide bonds. The SMILES string of the molecule is CCOC(=O)c1csc(NC(=O)CN(C)S(=O)(=O)c2ccc(Cl)s2)n1. The quantitative estimate of drug-likeness (QED) is 0.685. The summed E-state index contributed by atoms with van der Waals surface area (Å²) in [5.74, 6) is -1.17. The van der Waals surface area contributed by atoms with Crippen LogP contribution in [0.4, 0.5) is 5.13 Å². The Hall–Kier alpha value is -1.53. The highest BCUT2D eigenvalue weighted by Crippen LogP contribution is 2.27. The molecule has 0 radical (unpaired) electrons. The molecule has 0 unspecified atom stereocenters. The number of thiophene rings is 1. The van der Waals surface area contributed by atoms with Crippen molar-refractivity contribution in [3.63, 3.8) is 0 Å². The minimum Gasteiger partial charge on any atom is -0.461 e. The highest BCUT2D eigenvalue weighted by molar-refractivity contribution is 7.91. The topological polar surface area (TPSA) is 106 Å². The predicted molar refractivity (Wildman–Crippen MR) is 95.8 cm³/mol. The number of nitrogens with one attached hydrogen (secondary N) is 1. The van der Waals surface area contributed by atoms with E-state index in [0.29, 0.717) is 4.34 Å². The first-order chi connectivity index (χ1) is 11.7. The van der Waals surface area contributed by atoms with Gasteiger partial charge in [-0.1, -0.05) is 11.6 Å². The Morgan fingerprint density at radius 3 is 2.72 bits per heavy atom. The summed E-state index contributed by atoms with van der Waals surface area (Å²) >= 11 is 7.69. The number of aromatic nitrogens is 1. The number of thiazole rings is 1. The monoisotopic (exact) mass is 423 g/mol. The van der Waals surface area contributed by atoms with E-state index in [1.165, 1.54) is 24.6 Å². The number of nitrogens with zero attached hydrogens (tertiary/aromatic N) is 2. The van der Waals surface area contributed by atoms with Crippen LogP contribution in [0, 0.1) is 0 Å². The van der Waals surface area contributed by atoms with Crippen LogP contribution in [0.2, 0.25) is 4.34 Å². The Kier molecular flexibility index (Phi) is 6.52. The van der Waals surface area contributed by atoms with Gasteiger partial charge in [0.05, 0.1) is 17.5 Å². The van der Waals surface area contributed by atoms with Crippen molar-refractivity contribution in [2.24, 2.45) is 0 Å². The zero-order valence-corrected chi connectivity index (χ0v) is 16.4. The van der Waals surface area contributed by atoms with Gasteiger partial charge in [-0.25, -0.2) is 18.2 Å². The molecule has 0 aliphatic heterocycles. The summed E-state index contributed by atoms with van der Waals surface area (Å²) in [6.45, 7) is 1.48. The maximum atomic E-state index is 12.3. The van der Waals surface area contributed by atoms with E-state index in [9.17, 15) is 18.0 Å². The number of rotatable bonds is 7. The first-order valence-electron chi connectivity index (χ1n) is 6.88. The first kappa shape index (κ1) is 19.8. The normalized spacial score (nSPS) is 11.5. The van der Waals surface area contributed by atoms with E-state index in [1.54, 1.807) is 6.92 Å². The molecule has 0 atom stereocenters. The lowest BCUT2D eigenvalue weighted by Crippen LogP contribution is -2.34. The second-order valence-corrected chi connectivity index (χ2v) is 9.47. The molecule has 0 saturated heterocycles. The fraction of sp³-hybridized carbons (Fsp3) is 0.308. The number of esters is 1. The van der Waals surface area contributed by atoms with Gasteiger partial charge in [0.25, 0.3) is 10.0 Å². The zero-order chi connectivity index (χ0) is 18.6. The molecule has 0 fully saturated rings. The summed E-state index contributed by atoms with van der Waals surface area (Å²) in [6, 6.07) is 2.85. The van der Waals surface area contributed by atoms with Crippen molar-refractivity contribution in [3.8, 4) is 0 Å². The van der Waals surface area contributed by atoms with Crippen LogP contribution in [-0.4, -0.2) is 49.8 Å². The summed E-state index contributed by atoms with van der Waals surface area (Å²) in [5, 5.41) is 4.08. The Bertz CT molecular complexity index is 877. The van der Waals surface area contributed by atoms with Crippen LogP contribution in [0.25, 0.3) is 0 Å². The second kappa shape index (κ2) is 8.23. The molecule has 2 aromatic rings. The van der Waals surface area contributed by atoms with Crippen molar-refractivity contribution < 1.29 is 22.7 Å². The van der Waals surface area contributed by atoms with Crippen molar-refractivity contribution in [2.75, 3.05) is 25.5 Å². The molecule has 2 rings (SSSR count). The van der Waals surface area contributed by atoms with E-state index in [2.05, 4.69) is 10.3 Å². The molecule has 1 N–H and O–H groups in total. The number of likely N-dealkylation sites (N-methyl/N-ethyl adjacent to an activating group) is 1. The third-order valence-electron chi connectivity index (χ3n) is 2.81. The molecular weight excluding hydrogens is 410 g/mol. The van der Waals surface area contributed by atoms with Crippen LogP contribution < -0.4 is 5.32 Å². The van der Waals surface area contributed by atoms with Gasteiger partial charge in [-0.05, 0) is 19.1 Å². The minimum atomic E-state index is -3.81. The van der Waals surface area contributed by atoms with E-state index in [0.717, 1.165) is 27.0 Å². The van der Waals surface area contributed by atoms with Gasteiger partial charge in [0.1, 0.15) is 4.21 Å². The third kappa shape index (κ3) is 4.98. The fourth-order valence-electron chi connectivity index (χ4n) is 1.67. The van der Waals surface area contributed by atoms with Crippen LogP contribution in [0.1, 0.15) is 17.4 Å². The molecular formula is C13H14ClN3O5S3. The number of amides is 1. The highest BCUT2D eigenvalue weighted by atomic mass is 35.5. The Labute approximate surface area is 157 Å². The van der Waals surface area contributed by atoms with Crippen molar-refractivity contribution in [1.82, 2.24) is 9.29 Å². The number of carbonyl (C=O) groups excluding carboxylic acids is 2. The number of hydrogen-bond acceptors (Lipinski definition) is 8. The van der Waals surface area contributed by atoms with Crippen molar-refractivity contribution >= 4 is 61.3 Å². The van der Waals surface area contributed by atoms with Gasteiger partial charge in [0, 0.05) is 12.4 Å². The molecule has 2 aromatic heterocycles. The van der Waals surface area contributed by atoms with E-state index >= 15 is 0 Å². The predicted octanol–water partition coefficient (Wildman–Crippen LogP) is 2.29. The smallest absolute Gasteiger partial charge is 0.357 e. The lowest BCUT2D eigenvalue weighted by Gasteiger charge is -2.14. The molecule has 0 saturated carbocycles. The van der Waals surface area contributed by atoms with Crippen LogP contribution in [-0.2, 0) is 19.6 Å². The molecule has 12 heteroatoms. The van der Waals surface area contributed by atoms with Gasteiger partial charge in [-0.15, -0.1) is 22.7 Å². The molecule has 0 aromatic carbocycles. The number of ether oxygens (including phenoxy) is 1. The fourth-order valence-corrected chi connectivity index (χ4v) is 5.18. The summed E-state index contributed by atoms with van der Waals surface area (Å²) < 4.78 is 30.7. The number of carbonyl (C=O) groups is 2.